The van der Waals surface area contributed by atoms with Crippen molar-refractivity contribution in [3.63, 3.8) is 0 Å². The Bertz CT molecular complexity index is 1180. The number of para-hydroxylation sites is 1. The molecule has 0 saturated heterocycles. The molecule has 2 heterocycles. The number of hydrogen-bond donors (Lipinski definition) is 2. The minimum Gasteiger partial charge on any atom is -0.341 e. The topological polar surface area (TPSA) is 71.9 Å². The van der Waals surface area contributed by atoms with Crippen molar-refractivity contribution in [3.05, 3.63) is 64.7 Å². The minimum absolute atomic E-state index is 0.161. The molecule has 1 amide bonds. The summed E-state index contributed by atoms with van der Waals surface area (Å²) in [6.45, 7) is 4.81. The third kappa shape index (κ3) is 4.41. The van der Waals surface area contributed by atoms with E-state index in [0.717, 1.165) is 86.0 Å². The smallest absolute Gasteiger partial charge is 0.231 e. The van der Waals surface area contributed by atoms with Gasteiger partial charge in [-0.25, -0.2) is 0 Å². The van der Waals surface area contributed by atoms with E-state index in [4.69, 9.17) is 0 Å². The molecule has 5 nitrogen and oxygen atoms in total. The van der Waals surface area contributed by atoms with E-state index in [0.29, 0.717) is 0 Å². The van der Waals surface area contributed by atoms with Gasteiger partial charge >= 0.3 is 0 Å². The van der Waals surface area contributed by atoms with Crippen molar-refractivity contribution in [1.29, 1.82) is 5.26 Å². The summed E-state index contributed by atoms with van der Waals surface area (Å²) in [6.07, 6.45) is 7.26. The largest absolute Gasteiger partial charge is 0.341 e. The second-order valence-corrected chi connectivity index (χ2v) is 9.89. The van der Waals surface area contributed by atoms with E-state index >= 15 is 0 Å². The van der Waals surface area contributed by atoms with Gasteiger partial charge < -0.3 is 10.3 Å². The standard InChI is InChI=1S/C28H32N4O/c1-20-15-21-9-13-32(19-24(21)16-23(20)18-29)14-12-28(10-5-2-6-11-28)27(33)31-26-17-22-7-3-4-8-25(22)30-26/h3-4,7-8,15-17,30H,2,5-6,9-14,19H2,1H3,(H,31,33). The van der Waals surface area contributed by atoms with Crippen LogP contribution in [0.4, 0.5) is 5.82 Å². The van der Waals surface area contributed by atoms with Crippen LogP contribution in [0.2, 0.25) is 0 Å². The molecule has 5 rings (SSSR count). The first-order chi connectivity index (χ1) is 16.1. The SMILES string of the molecule is Cc1cc2c(cc1C#N)CN(CCC1(C(=O)Nc3cc4ccccc4[nH]3)CCCCC1)CC2. The molecule has 0 radical (unpaired) electrons. The van der Waals surface area contributed by atoms with Crippen LogP contribution in [0.5, 0.6) is 0 Å². The third-order valence-corrected chi connectivity index (χ3v) is 7.74. The number of fused-ring (bicyclic) bond motifs is 2. The maximum atomic E-state index is 13.6. The van der Waals surface area contributed by atoms with Gasteiger partial charge in [0.15, 0.2) is 0 Å². The van der Waals surface area contributed by atoms with Crippen molar-refractivity contribution >= 4 is 22.6 Å². The van der Waals surface area contributed by atoms with Crippen LogP contribution in [-0.4, -0.2) is 28.9 Å². The van der Waals surface area contributed by atoms with E-state index in [1.54, 1.807) is 0 Å². The number of anilines is 1. The Balaban J connectivity index is 1.29. The van der Waals surface area contributed by atoms with Gasteiger partial charge in [-0.2, -0.15) is 5.26 Å². The predicted molar refractivity (Wildman–Crippen MR) is 132 cm³/mol. The number of nitrogens with zero attached hydrogens (tertiary/aromatic N) is 2. The summed E-state index contributed by atoms with van der Waals surface area (Å²) < 4.78 is 0. The van der Waals surface area contributed by atoms with E-state index in [1.165, 1.54) is 17.5 Å². The van der Waals surface area contributed by atoms with Gasteiger partial charge in [-0.05, 0) is 74.0 Å². The van der Waals surface area contributed by atoms with E-state index < -0.39 is 0 Å². The van der Waals surface area contributed by atoms with Crippen LogP contribution in [0.25, 0.3) is 10.9 Å². The number of carbonyl (C=O) groups excluding carboxylic acids is 1. The van der Waals surface area contributed by atoms with Crippen molar-refractivity contribution in [2.45, 2.75) is 58.4 Å². The second-order valence-electron chi connectivity index (χ2n) is 9.89. The lowest BCUT2D eigenvalue weighted by Gasteiger charge is -2.38. The molecule has 170 valence electrons. The van der Waals surface area contributed by atoms with Gasteiger partial charge in [0.1, 0.15) is 5.82 Å². The lowest BCUT2D eigenvalue weighted by Crippen LogP contribution is -2.42. The zero-order valence-corrected chi connectivity index (χ0v) is 19.4. The molecule has 1 aliphatic heterocycles. The van der Waals surface area contributed by atoms with Crippen LogP contribution in [0.15, 0.2) is 42.5 Å². The molecule has 33 heavy (non-hydrogen) atoms. The maximum Gasteiger partial charge on any atom is 0.231 e. The van der Waals surface area contributed by atoms with Gasteiger partial charge in [0, 0.05) is 24.0 Å². The van der Waals surface area contributed by atoms with Crippen LogP contribution < -0.4 is 5.32 Å². The van der Waals surface area contributed by atoms with E-state index in [1.807, 2.05) is 31.2 Å². The Morgan fingerprint density at radius 2 is 1.97 bits per heavy atom. The number of benzene rings is 2. The fraction of sp³-hybridized carbons (Fsp3) is 0.429. The number of aryl methyl sites for hydroxylation is 1. The second kappa shape index (κ2) is 9.03. The number of carbonyl (C=O) groups is 1. The number of nitriles is 1. The molecule has 3 aromatic rings. The fourth-order valence-electron chi connectivity index (χ4n) is 5.69. The van der Waals surface area contributed by atoms with Crippen LogP contribution in [-0.2, 0) is 17.8 Å². The molecule has 1 aliphatic carbocycles. The zero-order valence-electron chi connectivity index (χ0n) is 19.4. The van der Waals surface area contributed by atoms with Gasteiger partial charge in [0.05, 0.1) is 17.0 Å². The summed E-state index contributed by atoms with van der Waals surface area (Å²) in [6, 6.07) is 16.7. The fourth-order valence-corrected chi connectivity index (χ4v) is 5.69. The van der Waals surface area contributed by atoms with Gasteiger partial charge in [-0.15, -0.1) is 0 Å². The molecule has 2 aromatic carbocycles. The molecular formula is C28H32N4O. The molecule has 5 heteroatoms. The quantitative estimate of drug-likeness (QED) is 0.536. The monoisotopic (exact) mass is 440 g/mol. The van der Waals surface area contributed by atoms with Crippen molar-refractivity contribution in [2.24, 2.45) is 5.41 Å². The molecular weight excluding hydrogens is 408 g/mol. The number of nitrogens with one attached hydrogen (secondary N) is 2. The molecule has 0 unspecified atom stereocenters. The Morgan fingerprint density at radius 3 is 2.76 bits per heavy atom. The number of hydrogen-bond acceptors (Lipinski definition) is 3. The summed E-state index contributed by atoms with van der Waals surface area (Å²) in [4.78, 5) is 19.4. The van der Waals surface area contributed by atoms with E-state index in [-0.39, 0.29) is 11.3 Å². The molecule has 1 fully saturated rings. The maximum absolute atomic E-state index is 13.6. The van der Waals surface area contributed by atoms with E-state index in [2.05, 4.69) is 39.5 Å². The summed E-state index contributed by atoms with van der Waals surface area (Å²) in [5.74, 6) is 0.950. The lowest BCUT2D eigenvalue weighted by atomic mass is 9.71. The Labute approximate surface area is 195 Å². The van der Waals surface area contributed by atoms with Gasteiger partial charge in [0.25, 0.3) is 0 Å². The average molecular weight is 441 g/mol. The van der Waals surface area contributed by atoms with Crippen molar-refractivity contribution in [1.82, 2.24) is 9.88 Å². The van der Waals surface area contributed by atoms with Crippen LogP contribution in [0.1, 0.15) is 60.8 Å². The number of H-pyrrole nitrogens is 1. The lowest BCUT2D eigenvalue weighted by molar-refractivity contribution is -0.128. The van der Waals surface area contributed by atoms with Crippen LogP contribution in [0, 0.1) is 23.7 Å². The summed E-state index contributed by atoms with van der Waals surface area (Å²) in [5, 5.41) is 13.7. The van der Waals surface area contributed by atoms with Crippen molar-refractivity contribution in [2.75, 3.05) is 18.4 Å². The zero-order chi connectivity index (χ0) is 22.8. The van der Waals surface area contributed by atoms with E-state index in [9.17, 15) is 10.1 Å². The highest BCUT2D eigenvalue weighted by molar-refractivity contribution is 5.97. The normalized spacial score (nSPS) is 17.9. The first kappa shape index (κ1) is 21.7. The van der Waals surface area contributed by atoms with Crippen molar-refractivity contribution in [3.8, 4) is 6.07 Å². The Morgan fingerprint density at radius 1 is 1.15 bits per heavy atom. The number of amides is 1. The number of rotatable bonds is 5. The predicted octanol–water partition coefficient (Wildman–Crippen LogP) is 5.69. The minimum atomic E-state index is -0.305. The molecule has 0 spiro atoms. The first-order valence-corrected chi connectivity index (χ1v) is 12.2. The Kier molecular flexibility index (Phi) is 5.95. The highest BCUT2D eigenvalue weighted by atomic mass is 16.2. The highest BCUT2D eigenvalue weighted by Gasteiger charge is 2.39. The summed E-state index contributed by atoms with van der Waals surface area (Å²) >= 11 is 0. The van der Waals surface area contributed by atoms with Crippen molar-refractivity contribution < 1.29 is 4.79 Å². The average Bonchev–Trinajstić information content (AvgIpc) is 3.25. The van der Waals surface area contributed by atoms with Crippen LogP contribution in [0.3, 0.4) is 0 Å². The number of aromatic nitrogens is 1. The van der Waals surface area contributed by atoms with Gasteiger partial charge in [0.2, 0.25) is 5.91 Å². The number of aromatic amines is 1. The third-order valence-electron chi connectivity index (χ3n) is 7.74. The Hall–Kier alpha value is -3.10. The first-order valence-electron chi connectivity index (χ1n) is 12.2. The summed E-state index contributed by atoms with van der Waals surface area (Å²) in [5.41, 5.74) is 5.22. The molecule has 1 saturated carbocycles. The van der Waals surface area contributed by atoms with Gasteiger partial charge in [-0.1, -0.05) is 43.5 Å². The molecule has 0 bridgehead atoms. The van der Waals surface area contributed by atoms with Crippen LogP contribution >= 0.6 is 0 Å². The summed E-state index contributed by atoms with van der Waals surface area (Å²) in [7, 11) is 0. The molecule has 2 aliphatic rings. The molecule has 2 N–H and O–H groups in total. The molecule has 0 atom stereocenters. The molecule has 1 aromatic heterocycles. The van der Waals surface area contributed by atoms with Gasteiger partial charge in [-0.3, -0.25) is 9.69 Å². The highest BCUT2D eigenvalue weighted by Crippen LogP contribution is 2.41.